The van der Waals surface area contributed by atoms with Crippen LogP contribution in [0.4, 0.5) is 5.82 Å². The Balaban J connectivity index is 1.27. The van der Waals surface area contributed by atoms with E-state index in [1.54, 1.807) is 10.9 Å². The summed E-state index contributed by atoms with van der Waals surface area (Å²) in [6.07, 6.45) is 9.64. The Hall–Kier alpha value is -2.87. The van der Waals surface area contributed by atoms with Crippen molar-refractivity contribution in [3.63, 3.8) is 0 Å². The number of aromatic nitrogens is 5. The number of likely N-dealkylation sites (tertiary alicyclic amines) is 1. The number of anilines is 1. The molecule has 2 aliphatic rings. The van der Waals surface area contributed by atoms with Crippen LogP contribution in [0.3, 0.4) is 0 Å². The van der Waals surface area contributed by atoms with Gasteiger partial charge in [0, 0.05) is 31.4 Å². The summed E-state index contributed by atoms with van der Waals surface area (Å²) in [6, 6.07) is 6.14. The van der Waals surface area contributed by atoms with Crippen LogP contribution in [0.1, 0.15) is 49.2 Å². The molecular formula is C24H31N7O. The number of hydrogen-bond acceptors (Lipinski definition) is 7. The normalized spacial score (nSPS) is 19.1. The molecule has 3 aromatic heterocycles. The van der Waals surface area contributed by atoms with Gasteiger partial charge in [-0.2, -0.15) is 5.10 Å². The molecule has 0 aromatic carbocycles. The second-order valence-electron chi connectivity index (χ2n) is 8.95. The summed E-state index contributed by atoms with van der Waals surface area (Å²) in [5.41, 5.74) is 3.03. The second-order valence-corrected chi connectivity index (χ2v) is 8.95. The van der Waals surface area contributed by atoms with Crippen LogP contribution >= 0.6 is 0 Å². The third kappa shape index (κ3) is 4.50. The summed E-state index contributed by atoms with van der Waals surface area (Å²) in [7, 11) is 0. The first-order valence-corrected chi connectivity index (χ1v) is 11.8. The summed E-state index contributed by atoms with van der Waals surface area (Å²) >= 11 is 0. The summed E-state index contributed by atoms with van der Waals surface area (Å²) in [5, 5.41) is 9.21. The van der Waals surface area contributed by atoms with Crippen LogP contribution in [0.15, 0.2) is 29.2 Å². The maximum atomic E-state index is 12.6. The van der Waals surface area contributed by atoms with Gasteiger partial charge in [0.05, 0.1) is 17.6 Å². The van der Waals surface area contributed by atoms with Gasteiger partial charge in [-0.1, -0.05) is 6.42 Å². The maximum Gasteiger partial charge on any atom is 0.267 e. The molecule has 1 fully saturated rings. The van der Waals surface area contributed by atoms with Crippen LogP contribution in [-0.4, -0.2) is 55.3 Å². The predicted octanol–water partition coefficient (Wildman–Crippen LogP) is 2.74. The zero-order valence-electron chi connectivity index (χ0n) is 18.8. The van der Waals surface area contributed by atoms with Crippen LogP contribution in [-0.2, 0) is 19.4 Å². The molecule has 1 aliphatic heterocycles. The molecule has 0 saturated carbocycles. The number of pyridine rings is 1. The zero-order valence-corrected chi connectivity index (χ0v) is 18.8. The van der Waals surface area contributed by atoms with Gasteiger partial charge in [-0.3, -0.25) is 9.69 Å². The molecule has 1 aliphatic carbocycles. The van der Waals surface area contributed by atoms with E-state index >= 15 is 0 Å². The summed E-state index contributed by atoms with van der Waals surface area (Å²) < 4.78 is 1.68. The van der Waals surface area contributed by atoms with Crippen molar-refractivity contribution in [3.05, 3.63) is 51.8 Å². The van der Waals surface area contributed by atoms with E-state index in [0.29, 0.717) is 12.6 Å². The van der Waals surface area contributed by atoms with Crippen molar-refractivity contribution in [1.82, 2.24) is 29.6 Å². The van der Waals surface area contributed by atoms with E-state index in [2.05, 4.69) is 25.2 Å². The number of rotatable bonds is 6. The SMILES string of the molecule is Cc1nc(NCC2CCCCN2CCn2nc3c(cc2=O)CCCC3)c2cccnc2n1. The lowest BCUT2D eigenvalue weighted by molar-refractivity contribution is 0.147. The van der Waals surface area contributed by atoms with Gasteiger partial charge >= 0.3 is 0 Å². The molecule has 1 N–H and O–H groups in total. The molecule has 8 heteroatoms. The van der Waals surface area contributed by atoms with Crippen molar-refractivity contribution in [2.45, 2.75) is 64.5 Å². The second kappa shape index (κ2) is 9.32. The van der Waals surface area contributed by atoms with Crippen molar-refractivity contribution in [2.24, 2.45) is 0 Å². The van der Waals surface area contributed by atoms with E-state index in [0.717, 1.165) is 79.3 Å². The first kappa shape index (κ1) is 21.0. The Labute approximate surface area is 188 Å². The lowest BCUT2D eigenvalue weighted by Gasteiger charge is -2.36. The van der Waals surface area contributed by atoms with Crippen LogP contribution in [0.2, 0.25) is 0 Å². The van der Waals surface area contributed by atoms with E-state index in [4.69, 9.17) is 5.10 Å². The minimum absolute atomic E-state index is 0.0350. The third-order valence-corrected chi connectivity index (χ3v) is 6.71. The van der Waals surface area contributed by atoms with Gasteiger partial charge in [-0.25, -0.2) is 19.6 Å². The van der Waals surface area contributed by atoms with E-state index < -0.39 is 0 Å². The first-order chi connectivity index (χ1) is 15.7. The smallest absolute Gasteiger partial charge is 0.267 e. The van der Waals surface area contributed by atoms with Crippen molar-refractivity contribution in [2.75, 3.05) is 25.0 Å². The zero-order chi connectivity index (χ0) is 21.9. The molecule has 0 spiro atoms. The molecule has 4 heterocycles. The fourth-order valence-electron chi connectivity index (χ4n) is 4.99. The molecule has 0 amide bonds. The highest BCUT2D eigenvalue weighted by Crippen LogP contribution is 2.21. The monoisotopic (exact) mass is 433 g/mol. The Bertz CT molecular complexity index is 1160. The first-order valence-electron chi connectivity index (χ1n) is 11.8. The van der Waals surface area contributed by atoms with Crippen LogP contribution < -0.4 is 10.9 Å². The Kier molecular flexibility index (Phi) is 6.12. The van der Waals surface area contributed by atoms with Crippen LogP contribution in [0, 0.1) is 6.92 Å². The summed E-state index contributed by atoms with van der Waals surface area (Å²) in [6.45, 7) is 5.24. The average Bonchev–Trinajstić information content (AvgIpc) is 2.81. The molecule has 0 radical (unpaired) electrons. The highest BCUT2D eigenvalue weighted by molar-refractivity contribution is 5.86. The van der Waals surface area contributed by atoms with Gasteiger partial charge in [0.2, 0.25) is 0 Å². The molecule has 3 aromatic rings. The van der Waals surface area contributed by atoms with Crippen molar-refractivity contribution in [3.8, 4) is 0 Å². The largest absolute Gasteiger partial charge is 0.368 e. The van der Waals surface area contributed by atoms with Gasteiger partial charge in [-0.05, 0) is 69.7 Å². The maximum absolute atomic E-state index is 12.6. The number of nitrogens with zero attached hydrogens (tertiary/aromatic N) is 6. The summed E-state index contributed by atoms with van der Waals surface area (Å²) in [4.78, 5) is 28.5. The van der Waals surface area contributed by atoms with E-state index in [-0.39, 0.29) is 5.56 Å². The molecule has 8 nitrogen and oxygen atoms in total. The van der Waals surface area contributed by atoms with E-state index in [9.17, 15) is 4.79 Å². The topological polar surface area (TPSA) is 88.8 Å². The van der Waals surface area contributed by atoms with Gasteiger partial charge in [0.1, 0.15) is 11.6 Å². The van der Waals surface area contributed by atoms with E-state index in [1.807, 2.05) is 25.1 Å². The Morgan fingerprint density at radius 3 is 2.97 bits per heavy atom. The number of nitrogens with one attached hydrogen (secondary N) is 1. The molecule has 5 rings (SSSR count). The lowest BCUT2D eigenvalue weighted by Crippen LogP contribution is -2.46. The predicted molar refractivity (Wildman–Crippen MR) is 125 cm³/mol. The number of piperidine rings is 1. The van der Waals surface area contributed by atoms with Crippen molar-refractivity contribution >= 4 is 16.9 Å². The Morgan fingerprint density at radius 2 is 2.03 bits per heavy atom. The molecule has 168 valence electrons. The summed E-state index contributed by atoms with van der Waals surface area (Å²) in [5.74, 6) is 1.57. The Morgan fingerprint density at radius 1 is 1.12 bits per heavy atom. The molecule has 0 bridgehead atoms. The third-order valence-electron chi connectivity index (χ3n) is 6.71. The molecule has 1 unspecified atom stereocenters. The van der Waals surface area contributed by atoms with Crippen molar-refractivity contribution in [1.29, 1.82) is 0 Å². The van der Waals surface area contributed by atoms with Gasteiger partial charge in [0.25, 0.3) is 5.56 Å². The number of hydrogen-bond donors (Lipinski definition) is 1. The minimum atomic E-state index is 0.0350. The molecule has 32 heavy (non-hydrogen) atoms. The quantitative estimate of drug-likeness (QED) is 0.639. The fraction of sp³-hybridized carbons (Fsp3) is 0.542. The standard InChI is InChI=1S/C24H31N7O/c1-17-27-23-20(9-6-11-25-23)24(28-17)26-16-19-8-4-5-12-30(19)13-14-31-22(32)15-18-7-2-3-10-21(18)29-31/h6,9,11,15,19H,2-5,7-8,10,12-14,16H2,1H3,(H,25,26,27,28). The average molecular weight is 434 g/mol. The minimum Gasteiger partial charge on any atom is -0.368 e. The van der Waals surface area contributed by atoms with Gasteiger partial charge in [-0.15, -0.1) is 0 Å². The van der Waals surface area contributed by atoms with Crippen LogP contribution in [0.5, 0.6) is 0 Å². The number of fused-ring (bicyclic) bond motifs is 2. The highest BCUT2D eigenvalue weighted by atomic mass is 16.1. The van der Waals surface area contributed by atoms with Gasteiger partial charge in [0.15, 0.2) is 5.65 Å². The number of aryl methyl sites for hydroxylation is 3. The fourth-order valence-corrected chi connectivity index (χ4v) is 4.99. The molecule has 1 saturated heterocycles. The molecular weight excluding hydrogens is 402 g/mol. The van der Waals surface area contributed by atoms with E-state index in [1.165, 1.54) is 19.3 Å². The lowest BCUT2D eigenvalue weighted by atomic mass is 9.97. The van der Waals surface area contributed by atoms with Crippen LogP contribution in [0.25, 0.3) is 11.0 Å². The highest BCUT2D eigenvalue weighted by Gasteiger charge is 2.23. The van der Waals surface area contributed by atoms with Crippen molar-refractivity contribution < 1.29 is 0 Å². The van der Waals surface area contributed by atoms with Gasteiger partial charge < -0.3 is 5.32 Å². The molecule has 1 atom stereocenters.